The van der Waals surface area contributed by atoms with Gasteiger partial charge in [0, 0.05) is 38.5 Å². The number of nitrogens with zero attached hydrogens (tertiary/aromatic N) is 2. The fourth-order valence-electron chi connectivity index (χ4n) is 1.43. The van der Waals surface area contributed by atoms with Crippen molar-refractivity contribution in [1.82, 2.24) is 14.9 Å². The average molecular weight is 225 g/mol. The summed E-state index contributed by atoms with van der Waals surface area (Å²) in [5.74, 6) is 0. The molecule has 0 aromatic carbocycles. The third-order valence-corrected chi connectivity index (χ3v) is 2.35. The molecule has 0 fully saturated rings. The van der Waals surface area contributed by atoms with Crippen LogP contribution < -0.4 is 5.32 Å². The maximum Gasteiger partial charge on any atom is 0.0948 e. The molecule has 1 N–H and O–H groups in total. The van der Waals surface area contributed by atoms with Gasteiger partial charge < -0.3 is 14.6 Å². The van der Waals surface area contributed by atoms with Gasteiger partial charge in [-0.1, -0.05) is 0 Å². The van der Waals surface area contributed by atoms with Crippen LogP contribution in [0.4, 0.5) is 0 Å². The number of aromatic nitrogens is 2. The number of imidazole rings is 1. The van der Waals surface area contributed by atoms with E-state index in [4.69, 9.17) is 4.74 Å². The summed E-state index contributed by atoms with van der Waals surface area (Å²) in [4.78, 5) is 4.18. The van der Waals surface area contributed by atoms with Crippen LogP contribution in [-0.2, 0) is 17.8 Å². The van der Waals surface area contributed by atoms with E-state index in [1.54, 1.807) is 7.11 Å². The van der Waals surface area contributed by atoms with Gasteiger partial charge in [0.25, 0.3) is 0 Å². The van der Waals surface area contributed by atoms with E-state index in [1.807, 2.05) is 12.5 Å². The Morgan fingerprint density at radius 2 is 2.19 bits per heavy atom. The Morgan fingerprint density at radius 1 is 1.44 bits per heavy atom. The Labute approximate surface area is 98.0 Å². The van der Waals surface area contributed by atoms with Gasteiger partial charge >= 0.3 is 0 Å². The monoisotopic (exact) mass is 225 g/mol. The highest BCUT2D eigenvalue weighted by atomic mass is 16.5. The Hall–Kier alpha value is -0.870. The van der Waals surface area contributed by atoms with Crippen LogP contribution in [0, 0.1) is 0 Å². The highest BCUT2D eigenvalue weighted by molar-refractivity contribution is 4.98. The van der Waals surface area contributed by atoms with Gasteiger partial charge in [-0.3, -0.25) is 0 Å². The SMILES string of the molecule is COCCCn1cncc1CNC(C)(C)C. The number of hydrogen-bond donors (Lipinski definition) is 1. The number of aryl methyl sites for hydroxylation is 1. The van der Waals surface area contributed by atoms with Crippen LogP contribution in [0.1, 0.15) is 32.9 Å². The van der Waals surface area contributed by atoms with Crippen molar-refractivity contribution in [2.24, 2.45) is 0 Å². The van der Waals surface area contributed by atoms with Crippen molar-refractivity contribution in [2.75, 3.05) is 13.7 Å². The molecule has 92 valence electrons. The Kier molecular flexibility index (Phi) is 4.96. The highest BCUT2D eigenvalue weighted by Crippen LogP contribution is 2.05. The predicted octanol–water partition coefficient (Wildman–Crippen LogP) is 1.81. The number of methoxy groups -OCH3 is 1. The summed E-state index contributed by atoms with van der Waals surface area (Å²) in [7, 11) is 1.73. The molecule has 16 heavy (non-hydrogen) atoms. The quantitative estimate of drug-likeness (QED) is 0.750. The normalized spacial score (nSPS) is 12.0. The molecule has 0 saturated carbocycles. The summed E-state index contributed by atoms with van der Waals surface area (Å²) in [6, 6.07) is 0. The number of nitrogens with one attached hydrogen (secondary N) is 1. The molecule has 1 aromatic heterocycles. The number of hydrogen-bond acceptors (Lipinski definition) is 3. The molecule has 0 aliphatic rings. The van der Waals surface area contributed by atoms with E-state index >= 15 is 0 Å². The molecule has 0 radical (unpaired) electrons. The molecule has 1 aromatic rings. The van der Waals surface area contributed by atoms with Crippen LogP contribution in [-0.4, -0.2) is 28.8 Å². The van der Waals surface area contributed by atoms with Gasteiger partial charge in [0.05, 0.1) is 12.0 Å². The first-order valence-electron chi connectivity index (χ1n) is 5.76. The third-order valence-electron chi connectivity index (χ3n) is 2.35. The summed E-state index contributed by atoms with van der Waals surface area (Å²) in [5.41, 5.74) is 1.37. The van der Waals surface area contributed by atoms with Gasteiger partial charge in [0.15, 0.2) is 0 Å². The summed E-state index contributed by atoms with van der Waals surface area (Å²) in [5, 5.41) is 3.46. The van der Waals surface area contributed by atoms with Crippen molar-refractivity contribution in [1.29, 1.82) is 0 Å². The Bertz CT molecular complexity index is 301. The van der Waals surface area contributed by atoms with E-state index in [9.17, 15) is 0 Å². The second-order valence-corrected chi connectivity index (χ2v) is 5.03. The van der Waals surface area contributed by atoms with Crippen LogP contribution in [0.15, 0.2) is 12.5 Å². The van der Waals surface area contributed by atoms with Gasteiger partial charge in [0.2, 0.25) is 0 Å². The molecule has 0 unspecified atom stereocenters. The third kappa shape index (κ3) is 4.77. The standard InChI is InChI=1S/C12H23N3O/c1-12(2,3)14-9-11-8-13-10-15(11)6-5-7-16-4/h8,10,14H,5-7,9H2,1-4H3. The van der Waals surface area contributed by atoms with Crippen LogP contribution in [0.2, 0.25) is 0 Å². The van der Waals surface area contributed by atoms with Crippen LogP contribution in [0.5, 0.6) is 0 Å². The van der Waals surface area contributed by atoms with Crippen LogP contribution in [0.25, 0.3) is 0 Å². The largest absolute Gasteiger partial charge is 0.385 e. The summed E-state index contributed by atoms with van der Waals surface area (Å²) < 4.78 is 7.22. The van der Waals surface area contributed by atoms with Crippen LogP contribution in [0.3, 0.4) is 0 Å². The fourth-order valence-corrected chi connectivity index (χ4v) is 1.43. The van der Waals surface area contributed by atoms with E-state index < -0.39 is 0 Å². The molecular formula is C12H23N3O. The Morgan fingerprint density at radius 3 is 2.81 bits per heavy atom. The van der Waals surface area contributed by atoms with Gasteiger partial charge in [-0.15, -0.1) is 0 Å². The van der Waals surface area contributed by atoms with Crippen molar-refractivity contribution >= 4 is 0 Å². The van der Waals surface area contributed by atoms with Crippen molar-refractivity contribution in [2.45, 2.75) is 45.8 Å². The van der Waals surface area contributed by atoms with Crippen molar-refractivity contribution in [3.8, 4) is 0 Å². The van der Waals surface area contributed by atoms with E-state index in [1.165, 1.54) is 5.69 Å². The molecule has 0 aliphatic heterocycles. The minimum atomic E-state index is 0.141. The lowest BCUT2D eigenvalue weighted by molar-refractivity contribution is 0.190. The molecule has 0 amide bonds. The van der Waals surface area contributed by atoms with Crippen molar-refractivity contribution in [3.05, 3.63) is 18.2 Å². The van der Waals surface area contributed by atoms with E-state index in [2.05, 4.69) is 35.6 Å². The molecule has 0 atom stereocenters. The fraction of sp³-hybridized carbons (Fsp3) is 0.750. The molecule has 0 saturated heterocycles. The zero-order chi connectivity index (χ0) is 12.0. The molecular weight excluding hydrogens is 202 g/mol. The minimum absolute atomic E-state index is 0.141. The zero-order valence-electron chi connectivity index (χ0n) is 10.8. The van der Waals surface area contributed by atoms with E-state index in [0.717, 1.165) is 26.1 Å². The van der Waals surface area contributed by atoms with E-state index in [0.29, 0.717) is 0 Å². The maximum atomic E-state index is 5.04. The summed E-state index contributed by atoms with van der Waals surface area (Å²) >= 11 is 0. The van der Waals surface area contributed by atoms with Gasteiger partial charge in [-0.05, 0) is 27.2 Å². The highest BCUT2D eigenvalue weighted by Gasteiger charge is 2.10. The second-order valence-electron chi connectivity index (χ2n) is 5.03. The molecule has 0 bridgehead atoms. The molecule has 4 heteroatoms. The second kappa shape index (κ2) is 6.01. The summed E-state index contributed by atoms with van der Waals surface area (Å²) in [6.45, 7) is 9.12. The topological polar surface area (TPSA) is 39.1 Å². The first-order valence-corrected chi connectivity index (χ1v) is 5.76. The summed E-state index contributed by atoms with van der Waals surface area (Å²) in [6.07, 6.45) is 4.83. The minimum Gasteiger partial charge on any atom is -0.385 e. The average Bonchev–Trinajstić information content (AvgIpc) is 2.62. The van der Waals surface area contributed by atoms with Crippen molar-refractivity contribution < 1.29 is 4.74 Å². The van der Waals surface area contributed by atoms with E-state index in [-0.39, 0.29) is 5.54 Å². The zero-order valence-corrected chi connectivity index (χ0v) is 10.8. The van der Waals surface area contributed by atoms with Gasteiger partial charge in [0.1, 0.15) is 0 Å². The lowest BCUT2D eigenvalue weighted by Crippen LogP contribution is -2.35. The smallest absolute Gasteiger partial charge is 0.0948 e. The maximum absolute atomic E-state index is 5.04. The predicted molar refractivity (Wildman–Crippen MR) is 65.3 cm³/mol. The first-order chi connectivity index (χ1) is 7.53. The lowest BCUT2D eigenvalue weighted by atomic mass is 10.1. The molecule has 0 aliphatic carbocycles. The molecule has 1 heterocycles. The van der Waals surface area contributed by atoms with Crippen LogP contribution >= 0.6 is 0 Å². The van der Waals surface area contributed by atoms with Gasteiger partial charge in [-0.25, -0.2) is 4.98 Å². The lowest BCUT2D eigenvalue weighted by Gasteiger charge is -2.20. The molecule has 0 spiro atoms. The number of ether oxygens (including phenoxy) is 1. The van der Waals surface area contributed by atoms with Gasteiger partial charge in [-0.2, -0.15) is 0 Å². The first kappa shape index (κ1) is 13.2. The van der Waals surface area contributed by atoms with Crippen molar-refractivity contribution in [3.63, 3.8) is 0 Å². The molecule has 4 nitrogen and oxygen atoms in total. The molecule has 1 rings (SSSR count). The Balaban J connectivity index is 2.44. The number of rotatable bonds is 6.